The molecule has 1 aliphatic rings. The smallest absolute Gasteiger partial charge is 0.196 e. The Balaban J connectivity index is 1.63. The van der Waals surface area contributed by atoms with Gasteiger partial charge in [-0.1, -0.05) is 43.6 Å². The highest BCUT2D eigenvalue weighted by Gasteiger charge is 2.25. The molecule has 1 aromatic heterocycles. The lowest BCUT2D eigenvalue weighted by molar-refractivity contribution is 0.322. The van der Waals surface area contributed by atoms with Gasteiger partial charge >= 0.3 is 0 Å². The van der Waals surface area contributed by atoms with Crippen molar-refractivity contribution in [1.82, 2.24) is 9.88 Å². The lowest BCUT2D eigenvalue weighted by Gasteiger charge is -2.15. The first-order chi connectivity index (χ1) is 10.1. The molecule has 0 aliphatic carbocycles. The van der Waals surface area contributed by atoms with E-state index in [0.29, 0.717) is 11.8 Å². The van der Waals surface area contributed by atoms with E-state index in [1.54, 1.807) is 6.26 Å². The first kappa shape index (κ1) is 14.6. The molecule has 3 nitrogen and oxygen atoms in total. The van der Waals surface area contributed by atoms with E-state index >= 15 is 0 Å². The number of halogens is 1. The van der Waals surface area contributed by atoms with Crippen LogP contribution in [0.3, 0.4) is 0 Å². The van der Waals surface area contributed by atoms with Crippen LogP contribution in [0.2, 0.25) is 5.02 Å². The molecule has 0 bridgehead atoms. The minimum Gasteiger partial charge on any atom is -0.448 e. The Labute approximate surface area is 130 Å². The monoisotopic (exact) mass is 304 g/mol. The van der Waals surface area contributed by atoms with Gasteiger partial charge in [0, 0.05) is 24.0 Å². The molecule has 1 fully saturated rings. The molecule has 0 radical (unpaired) electrons. The lowest BCUT2D eigenvalue weighted by atomic mass is 9.98. The molecule has 1 aliphatic heterocycles. The van der Waals surface area contributed by atoms with Crippen LogP contribution in [0.25, 0.3) is 0 Å². The Bertz CT molecular complexity index is 608. The van der Waals surface area contributed by atoms with Gasteiger partial charge in [0.25, 0.3) is 0 Å². The van der Waals surface area contributed by atoms with Crippen LogP contribution >= 0.6 is 11.6 Å². The molecule has 1 atom stereocenters. The van der Waals surface area contributed by atoms with Crippen molar-refractivity contribution in [1.29, 1.82) is 0 Å². The zero-order valence-electron chi connectivity index (χ0n) is 12.6. The van der Waals surface area contributed by atoms with Crippen molar-refractivity contribution in [3.8, 4) is 0 Å². The predicted molar refractivity (Wildman–Crippen MR) is 84.7 cm³/mol. The highest BCUT2D eigenvalue weighted by Crippen LogP contribution is 2.32. The topological polar surface area (TPSA) is 29.3 Å². The highest BCUT2D eigenvalue weighted by molar-refractivity contribution is 6.31. The number of benzene rings is 1. The number of nitrogens with zero attached hydrogens (tertiary/aromatic N) is 2. The summed E-state index contributed by atoms with van der Waals surface area (Å²) in [6.07, 6.45) is 2.94. The second-order valence-electron chi connectivity index (χ2n) is 6.07. The number of oxazole rings is 1. The molecule has 1 aromatic carbocycles. The maximum Gasteiger partial charge on any atom is 0.196 e. The first-order valence-corrected chi connectivity index (χ1v) is 7.92. The zero-order valence-corrected chi connectivity index (χ0v) is 13.3. The Morgan fingerprint density at radius 3 is 2.90 bits per heavy atom. The summed E-state index contributed by atoms with van der Waals surface area (Å²) < 4.78 is 5.51. The fourth-order valence-corrected chi connectivity index (χ4v) is 3.22. The van der Waals surface area contributed by atoms with Crippen molar-refractivity contribution >= 4 is 11.6 Å². The van der Waals surface area contributed by atoms with Crippen molar-refractivity contribution in [3.05, 3.63) is 52.7 Å². The van der Waals surface area contributed by atoms with Gasteiger partial charge in [-0.3, -0.25) is 4.90 Å². The SMILES string of the molecule is CC(C)c1nc(CN2CCC(c3ccccc3Cl)C2)co1. The molecule has 2 aromatic rings. The van der Waals surface area contributed by atoms with Crippen LogP contribution in [0.5, 0.6) is 0 Å². The van der Waals surface area contributed by atoms with E-state index in [1.807, 2.05) is 12.1 Å². The quantitative estimate of drug-likeness (QED) is 0.836. The van der Waals surface area contributed by atoms with Crippen LogP contribution in [-0.2, 0) is 6.54 Å². The fourth-order valence-electron chi connectivity index (χ4n) is 2.93. The van der Waals surface area contributed by atoms with Gasteiger partial charge in [-0.05, 0) is 30.5 Å². The third-order valence-electron chi connectivity index (χ3n) is 4.07. The van der Waals surface area contributed by atoms with Gasteiger partial charge in [0.05, 0.1) is 5.69 Å². The van der Waals surface area contributed by atoms with E-state index in [1.165, 1.54) is 5.56 Å². The summed E-state index contributed by atoms with van der Waals surface area (Å²) in [5.41, 5.74) is 2.29. The van der Waals surface area contributed by atoms with E-state index in [4.69, 9.17) is 16.0 Å². The molecule has 2 heterocycles. The van der Waals surface area contributed by atoms with E-state index in [-0.39, 0.29) is 0 Å². The molecule has 1 unspecified atom stereocenters. The Morgan fingerprint density at radius 2 is 2.19 bits per heavy atom. The van der Waals surface area contributed by atoms with Crippen molar-refractivity contribution in [2.45, 2.75) is 38.6 Å². The molecule has 21 heavy (non-hydrogen) atoms. The summed E-state index contributed by atoms with van der Waals surface area (Å²) in [5.74, 6) is 1.69. The molecule has 0 N–H and O–H groups in total. The molecule has 0 amide bonds. The van der Waals surface area contributed by atoms with Gasteiger partial charge in [0.15, 0.2) is 5.89 Å². The van der Waals surface area contributed by atoms with Crippen LogP contribution in [0.15, 0.2) is 34.9 Å². The average Bonchev–Trinajstić information content (AvgIpc) is 3.09. The van der Waals surface area contributed by atoms with Crippen molar-refractivity contribution < 1.29 is 4.42 Å². The van der Waals surface area contributed by atoms with Crippen molar-refractivity contribution in [2.75, 3.05) is 13.1 Å². The number of likely N-dealkylation sites (tertiary alicyclic amines) is 1. The molecule has 1 saturated heterocycles. The van der Waals surface area contributed by atoms with Crippen LogP contribution < -0.4 is 0 Å². The van der Waals surface area contributed by atoms with Crippen molar-refractivity contribution in [3.63, 3.8) is 0 Å². The van der Waals surface area contributed by atoms with Crippen LogP contribution in [0.1, 0.15) is 49.3 Å². The summed E-state index contributed by atoms with van der Waals surface area (Å²) >= 11 is 6.30. The number of hydrogen-bond donors (Lipinski definition) is 0. The molecule has 3 rings (SSSR count). The van der Waals surface area contributed by atoms with Gasteiger partial charge in [0.2, 0.25) is 0 Å². The second kappa shape index (κ2) is 6.20. The fraction of sp³-hybridized carbons (Fsp3) is 0.471. The van der Waals surface area contributed by atoms with Crippen LogP contribution in [-0.4, -0.2) is 23.0 Å². The highest BCUT2D eigenvalue weighted by atomic mass is 35.5. The number of rotatable bonds is 4. The third kappa shape index (κ3) is 3.30. The summed E-state index contributed by atoms with van der Waals surface area (Å²) in [5, 5.41) is 0.882. The minimum atomic E-state index is 0.341. The number of aromatic nitrogens is 1. The van der Waals surface area contributed by atoms with Gasteiger partial charge in [0.1, 0.15) is 6.26 Å². The summed E-state index contributed by atoms with van der Waals surface area (Å²) in [4.78, 5) is 6.98. The molecule has 112 valence electrons. The Hall–Kier alpha value is -1.32. The van der Waals surface area contributed by atoms with Gasteiger partial charge in [-0.15, -0.1) is 0 Å². The maximum absolute atomic E-state index is 6.30. The van der Waals surface area contributed by atoms with Crippen molar-refractivity contribution in [2.24, 2.45) is 0 Å². The largest absolute Gasteiger partial charge is 0.448 e. The van der Waals surface area contributed by atoms with Crippen LogP contribution in [0.4, 0.5) is 0 Å². The van der Waals surface area contributed by atoms with Crippen LogP contribution in [0, 0.1) is 0 Å². The zero-order chi connectivity index (χ0) is 14.8. The summed E-state index contributed by atoms with van der Waals surface area (Å²) in [7, 11) is 0. The molecular formula is C17H21ClN2O. The lowest BCUT2D eigenvalue weighted by Crippen LogP contribution is -2.20. The molecule has 4 heteroatoms. The van der Waals surface area contributed by atoms with Gasteiger partial charge < -0.3 is 4.42 Å². The Morgan fingerprint density at radius 1 is 1.38 bits per heavy atom. The van der Waals surface area contributed by atoms with E-state index in [0.717, 1.165) is 42.7 Å². The minimum absolute atomic E-state index is 0.341. The van der Waals surface area contributed by atoms with Gasteiger partial charge in [-0.25, -0.2) is 4.98 Å². The van der Waals surface area contributed by atoms with E-state index < -0.39 is 0 Å². The standard InChI is InChI=1S/C17H21ClN2O/c1-12(2)17-19-14(11-21-17)10-20-8-7-13(9-20)15-5-3-4-6-16(15)18/h3-6,11-13H,7-10H2,1-2H3. The molecule has 0 saturated carbocycles. The maximum atomic E-state index is 6.30. The first-order valence-electron chi connectivity index (χ1n) is 7.54. The van der Waals surface area contributed by atoms with E-state index in [2.05, 4.69) is 35.9 Å². The van der Waals surface area contributed by atoms with Gasteiger partial charge in [-0.2, -0.15) is 0 Å². The predicted octanol–water partition coefficient (Wildman–Crippen LogP) is 4.44. The average molecular weight is 305 g/mol. The molecule has 0 spiro atoms. The third-order valence-corrected chi connectivity index (χ3v) is 4.41. The van der Waals surface area contributed by atoms with E-state index in [9.17, 15) is 0 Å². The molecular weight excluding hydrogens is 284 g/mol. The summed E-state index contributed by atoms with van der Waals surface area (Å²) in [6, 6.07) is 8.17. The normalized spacial score (nSPS) is 19.5. The number of hydrogen-bond acceptors (Lipinski definition) is 3. The second-order valence-corrected chi connectivity index (χ2v) is 6.48. The summed E-state index contributed by atoms with van der Waals surface area (Å²) in [6.45, 7) is 7.17. The Kier molecular flexibility index (Phi) is 4.32.